The zero-order valence-corrected chi connectivity index (χ0v) is 42.0. The Bertz CT molecular complexity index is 1090. The molecule has 0 radical (unpaired) electrons. The summed E-state index contributed by atoms with van der Waals surface area (Å²) < 4.78 is 22.8. The molecule has 0 heterocycles. The smallest absolute Gasteiger partial charge is 0.361 e. The van der Waals surface area contributed by atoms with Crippen molar-refractivity contribution in [3.63, 3.8) is 0 Å². The van der Waals surface area contributed by atoms with Gasteiger partial charge in [-0.05, 0) is 64.2 Å². The summed E-state index contributed by atoms with van der Waals surface area (Å²) in [7, 11) is 5.97. The molecule has 0 aromatic rings. The van der Waals surface area contributed by atoms with Crippen molar-refractivity contribution in [1.29, 1.82) is 0 Å². The van der Waals surface area contributed by atoms with Crippen LogP contribution in [0.5, 0.6) is 0 Å². The summed E-state index contributed by atoms with van der Waals surface area (Å²) in [6.45, 7) is 4.89. The van der Waals surface area contributed by atoms with Crippen LogP contribution < -0.4 is 0 Å². The van der Waals surface area contributed by atoms with Crippen LogP contribution in [0.25, 0.3) is 0 Å². The van der Waals surface area contributed by atoms with Crippen LogP contribution in [-0.2, 0) is 33.3 Å². The largest absolute Gasteiger partial charge is 0.477 e. The molecule has 9 heteroatoms. The number of carbonyl (C=O) groups is 3. The van der Waals surface area contributed by atoms with Crippen LogP contribution in [0.15, 0.2) is 24.3 Å². The molecule has 0 aromatic carbocycles. The standard InChI is InChI=1S/C54H101NO8/c1-6-8-10-12-14-16-18-20-22-24-26-28-30-32-34-36-38-40-42-44-51(56)61-48-50(49-62-54(53(58)59)60-47-46-55(3,4)5)63-52(57)45-43-41-39-37-35-33-31-29-27-25-23-21-19-17-15-13-11-9-7-2/h20-23,50,54H,6-19,24-49H2,1-5H3/p+1/b22-20-,23-21-. The van der Waals surface area contributed by atoms with Gasteiger partial charge in [0.05, 0.1) is 34.4 Å². The summed E-state index contributed by atoms with van der Waals surface area (Å²) in [6.07, 6.45) is 49.5. The van der Waals surface area contributed by atoms with Gasteiger partial charge in [-0.15, -0.1) is 0 Å². The fraction of sp³-hybridized carbons (Fsp3) is 0.870. The van der Waals surface area contributed by atoms with E-state index in [0.717, 1.165) is 38.5 Å². The number of quaternary nitrogens is 1. The van der Waals surface area contributed by atoms with Gasteiger partial charge >= 0.3 is 17.9 Å². The van der Waals surface area contributed by atoms with Crippen molar-refractivity contribution in [2.45, 2.75) is 257 Å². The van der Waals surface area contributed by atoms with Gasteiger partial charge in [0.15, 0.2) is 6.10 Å². The third kappa shape index (κ3) is 47.5. The highest BCUT2D eigenvalue weighted by atomic mass is 16.7. The van der Waals surface area contributed by atoms with E-state index >= 15 is 0 Å². The molecular weight excluding hydrogens is 791 g/mol. The molecule has 0 bridgehead atoms. The molecule has 0 aliphatic carbocycles. The predicted molar refractivity (Wildman–Crippen MR) is 263 cm³/mol. The van der Waals surface area contributed by atoms with Crippen LogP contribution in [0.2, 0.25) is 0 Å². The lowest BCUT2D eigenvalue weighted by molar-refractivity contribution is -0.870. The number of unbranched alkanes of at least 4 members (excludes halogenated alkanes) is 30. The number of carbonyl (C=O) groups excluding carboxylic acids is 2. The maximum atomic E-state index is 12.8. The van der Waals surface area contributed by atoms with E-state index in [0.29, 0.717) is 17.4 Å². The molecule has 63 heavy (non-hydrogen) atoms. The molecule has 0 fully saturated rings. The lowest BCUT2D eigenvalue weighted by Gasteiger charge is -2.25. The van der Waals surface area contributed by atoms with Gasteiger partial charge in [0.1, 0.15) is 13.2 Å². The summed E-state index contributed by atoms with van der Waals surface area (Å²) in [4.78, 5) is 37.3. The van der Waals surface area contributed by atoms with E-state index < -0.39 is 24.3 Å². The molecule has 0 amide bonds. The quantitative estimate of drug-likeness (QED) is 0.0211. The monoisotopic (exact) mass is 893 g/mol. The molecule has 0 rings (SSSR count). The first-order valence-electron chi connectivity index (χ1n) is 26.5. The summed E-state index contributed by atoms with van der Waals surface area (Å²) >= 11 is 0. The third-order valence-corrected chi connectivity index (χ3v) is 11.7. The van der Waals surface area contributed by atoms with E-state index in [2.05, 4.69) is 38.2 Å². The number of esters is 2. The number of hydrogen-bond donors (Lipinski definition) is 1. The maximum Gasteiger partial charge on any atom is 0.361 e. The number of rotatable bonds is 49. The van der Waals surface area contributed by atoms with Gasteiger partial charge in [0.25, 0.3) is 6.29 Å². The van der Waals surface area contributed by atoms with Gasteiger partial charge in [-0.3, -0.25) is 9.59 Å². The van der Waals surface area contributed by atoms with Crippen molar-refractivity contribution < 1.29 is 42.9 Å². The van der Waals surface area contributed by atoms with Gasteiger partial charge in [-0.1, -0.05) is 192 Å². The second-order valence-corrected chi connectivity index (χ2v) is 19.2. The topological polar surface area (TPSA) is 108 Å². The fourth-order valence-corrected chi connectivity index (χ4v) is 7.53. The Labute approximate surface area is 388 Å². The van der Waals surface area contributed by atoms with Crippen molar-refractivity contribution >= 4 is 17.9 Å². The van der Waals surface area contributed by atoms with Crippen LogP contribution in [0.3, 0.4) is 0 Å². The highest BCUT2D eigenvalue weighted by Crippen LogP contribution is 2.16. The number of carboxylic acid groups (broad SMARTS) is 1. The van der Waals surface area contributed by atoms with Crippen molar-refractivity contribution in [2.24, 2.45) is 0 Å². The zero-order valence-electron chi connectivity index (χ0n) is 42.0. The van der Waals surface area contributed by atoms with Gasteiger partial charge in [0, 0.05) is 12.8 Å². The molecule has 370 valence electrons. The second-order valence-electron chi connectivity index (χ2n) is 19.2. The summed E-state index contributed by atoms with van der Waals surface area (Å²) in [5, 5.41) is 9.67. The summed E-state index contributed by atoms with van der Waals surface area (Å²) in [6, 6.07) is 0. The first-order chi connectivity index (χ1) is 30.6. The van der Waals surface area contributed by atoms with Crippen LogP contribution in [-0.4, -0.2) is 87.4 Å². The van der Waals surface area contributed by atoms with Crippen molar-refractivity contribution in [1.82, 2.24) is 0 Å². The normalized spacial score (nSPS) is 13.0. The molecule has 0 aromatic heterocycles. The van der Waals surface area contributed by atoms with Gasteiger partial charge < -0.3 is 28.5 Å². The highest BCUT2D eigenvalue weighted by Gasteiger charge is 2.25. The van der Waals surface area contributed by atoms with Gasteiger partial charge in [-0.25, -0.2) is 4.79 Å². The summed E-state index contributed by atoms with van der Waals surface area (Å²) in [5.41, 5.74) is 0. The van der Waals surface area contributed by atoms with Crippen molar-refractivity contribution in [2.75, 3.05) is 47.5 Å². The first-order valence-corrected chi connectivity index (χ1v) is 26.5. The van der Waals surface area contributed by atoms with Gasteiger partial charge in [0.2, 0.25) is 0 Å². The molecule has 2 atom stereocenters. The number of allylic oxidation sites excluding steroid dienone is 4. The van der Waals surface area contributed by atoms with E-state index in [1.807, 2.05) is 21.1 Å². The Morgan fingerprint density at radius 1 is 0.460 bits per heavy atom. The second kappa shape index (κ2) is 46.3. The minimum Gasteiger partial charge on any atom is -0.477 e. The van der Waals surface area contributed by atoms with Crippen molar-refractivity contribution in [3.05, 3.63) is 24.3 Å². The number of hydrogen-bond acceptors (Lipinski definition) is 7. The highest BCUT2D eigenvalue weighted by molar-refractivity contribution is 5.71. The first kappa shape index (κ1) is 60.8. The van der Waals surface area contributed by atoms with E-state index in [1.165, 1.54) is 180 Å². The number of likely N-dealkylation sites (N-methyl/N-ethyl adjacent to an activating group) is 1. The molecular formula is C54H102NO8+. The molecule has 1 N–H and O–H groups in total. The van der Waals surface area contributed by atoms with E-state index in [9.17, 15) is 19.5 Å². The zero-order chi connectivity index (χ0) is 46.3. The number of carboxylic acids is 1. The molecule has 0 aliphatic rings. The minimum atomic E-state index is -1.51. The molecule has 0 spiro atoms. The van der Waals surface area contributed by atoms with Crippen LogP contribution in [0.1, 0.15) is 245 Å². The molecule has 2 unspecified atom stereocenters. The Balaban J connectivity index is 4.31. The lowest BCUT2D eigenvalue weighted by atomic mass is 10.1. The van der Waals surface area contributed by atoms with Crippen LogP contribution in [0.4, 0.5) is 0 Å². The minimum absolute atomic E-state index is 0.180. The Hall–Kier alpha value is -2.23. The van der Waals surface area contributed by atoms with E-state index in [1.54, 1.807) is 0 Å². The molecule has 0 aliphatic heterocycles. The molecule has 0 saturated heterocycles. The Kier molecular flexibility index (Phi) is 44.7. The molecule has 0 saturated carbocycles. The number of aliphatic carboxylic acids is 1. The van der Waals surface area contributed by atoms with E-state index in [-0.39, 0.29) is 32.2 Å². The average Bonchev–Trinajstić information content (AvgIpc) is 3.24. The number of nitrogens with zero attached hydrogens (tertiary/aromatic N) is 1. The lowest BCUT2D eigenvalue weighted by Crippen LogP contribution is -2.40. The molecule has 9 nitrogen and oxygen atoms in total. The fourth-order valence-electron chi connectivity index (χ4n) is 7.53. The Morgan fingerprint density at radius 3 is 1.17 bits per heavy atom. The number of ether oxygens (including phenoxy) is 4. The SMILES string of the molecule is CCCCCCCC/C=C\CCCCCCCCCCCC(=O)OCC(COC(OCC[N+](C)(C)C)C(=O)O)OC(=O)CCCCCCCCCCC/C=C\CCCCCCCC. The van der Waals surface area contributed by atoms with Crippen molar-refractivity contribution in [3.8, 4) is 0 Å². The predicted octanol–water partition coefficient (Wildman–Crippen LogP) is 14.8. The third-order valence-electron chi connectivity index (χ3n) is 11.7. The maximum absolute atomic E-state index is 12.8. The van der Waals surface area contributed by atoms with Crippen LogP contribution in [0, 0.1) is 0 Å². The van der Waals surface area contributed by atoms with E-state index in [4.69, 9.17) is 18.9 Å². The summed E-state index contributed by atoms with van der Waals surface area (Å²) in [5.74, 6) is -2.00. The van der Waals surface area contributed by atoms with Crippen LogP contribution >= 0.6 is 0 Å². The average molecular weight is 893 g/mol. The Morgan fingerprint density at radius 2 is 0.810 bits per heavy atom. The van der Waals surface area contributed by atoms with Gasteiger partial charge in [-0.2, -0.15) is 0 Å².